The number of hydrogen-bond acceptors (Lipinski definition) is 4. The Bertz CT molecular complexity index is 863. The third-order valence-electron chi connectivity index (χ3n) is 5.28. The molecule has 6 nitrogen and oxygen atoms in total. The van der Waals surface area contributed by atoms with Crippen molar-refractivity contribution >= 4 is 17.3 Å². The monoisotopic (exact) mass is 337 g/mol. The third-order valence-corrected chi connectivity index (χ3v) is 5.28. The number of rotatable bonds is 2. The minimum atomic E-state index is -0.389. The second kappa shape index (κ2) is 5.58. The number of carbonyl (C=O) groups is 1. The maximum Gasteiger partial charge on any atom is 0.269 e. The molecular weight excluding hydrogens is 318 g/mol. The van der Waals surface area contributed by atoms with Gasteiger partial charge < -0.3 is 10.2 Å². The largest absolute Gasteiger partial charge is 0.378 e. The van der Waals surface area contributed by atoms with Crippen LogP contribution in [0.1, 0.15) is 35.7 Å². The summed E-state index contributed by atoms with van der Waals surface area (Å²) >= 11 is 0. The van der Waals surface area contributed by atoms with Gasteiger partial charge in [-0.15, -0.1) is 0 Å². The molecule has 0 aliphatic carbocycles. The summed E-state index contributed by atoms with van der Waals surface area (Å²) in [4.78, 5) is 24.4. The highest BCUT2D eigenvalue weighted by atomic mass is 16.6. The molecule has 2 aliphatic rings. The highest BCUT2D eigenvalue weighted by molar-refractivity contribution is 5.76. The summed E-state index contributed by atoms with van der Waals surface area (Å²) in [6, 6.07) is 13.0. The van der Waals surface area contributed by atoms with E-state index in [0.29, 0.717) is 6.54 Å². The van der Waals surface area contributed by atoms with Crippen LogP contribution in [0.4, 0.5) is 11.4 Å². The Morgan fingerprint density at radius 2 is 1.96 bits per heavy atom. The number of hydrogen-bond donors (Lipinski definition) is 1. The number of non-ortho nitro benzene ring substituents is 1. The first-order chi connectivity index (χ1) is 12.0. The highest BCUT2D eigenvalue weighted by Gasteiger charge is 2.49. The lowest BCUT2D eigenvalue weighted by molar-refractivity contribution is -0.384. The third kappa shape index (κ3) is 2.45. The number of benzene rings is 2. The van der Waals surface area contributed by atoms with Crippen molar-refractivity contribution in [3.05, 3.63) is 69.3 Å². The van der Waals surface area contributed by atoms with Gasteiger partial charge in [0.15, 0.2) is 0 Å². The Morgan fingerprint density at radius 3 is 2.60 bits per heavy atom. The molecule has 0 saturated carbocycles. The molecule has 6 heteroatoms. The summed E-state index contributed by atoms with van der Waals surface area (Å²) in [5.41, 5.74) is 4.45. The summed E-state index contributed by atoms with van der Waals surface area (Å²) in [6.07, 6.45) is 0. The van der Waals surface area contributed by atoms with Crippen molar-refractivity contribution < 1.29 is 9.72 Å². The molecule has 1 N–H and O–H groups in total. The van der Waals surface area contributed by atoms with Gasteiger partial charge in [-0.3, -0.25) is 14.9 Å². The molecule has 2 aromatic rings. The van der Waals surface area contributed by atoms with Gasteiger partial charge in [-0.1, -0.05) is 29.8 Å². The lowest BCUT2D eigenvalue weighted by atomic mass is 9.72. The van der Waals surface area contributed by atoms with E-state index >= 15 is 0 Å². The van der Waals surface area contributed by atoms with E-state index in [1.54, 1.807) is 6.92 Å². The maximum atomic E-state index is 12.0. The summed E-state index contributed by atoms with van der Waals surface area (Å²) in [5.74, 6) is 0.345. The first-order valence-corrected chi connectivity index (χ1v) is 8.34. The van der Waals surface area contributed by atoms with E-state index in [0.717, 1.165) is 16.8 Å². The van der Waals surface area contributed by atoms with Crippen LogP contribution in [0.25, 0.3) is 0 Å². The molecule has 3 atom stereocenters. The van der Waals surface area contributed by atoms with Crippen LogP contribution in [0, 0.1) is 23.0 Å². The highest BCUT2D eigenvalue weighted by Crippen LogP contribution is 2.52. The van der Waals surface area contributed by atoms with Gasteiger partial charge in [-0.25, -0.2) is 0 Å². The zero-order chi connectivity index (χ0) is 17.7. The molecule has 2 aromatic carbocycles. The molecular formula is C19H19N3O3. The molecule has 128 valence electrons. The second-order valence-electron chi connectivity index (χ2n) is 6.84. The first-order valence-electron chi connectivity index (χ1n) is 8.34. The van der Waals surface area contributed by atoms with E-state index < -0.39 is 0 Å². The van der Waals surface area contributed by atoms with Gasteiger partial charge in [-0.2, -0.15) is 0 Å². The summed E-state index contributed by atoms with van der Waals surface area (Å²) in [5, 5.41) is 14.4. The van der Waals surface area contributed by atoms with Crippen LogP contribution in [0.5, 0.6) is 0 Å². The number of nitrogens with zero attached hydrogens (tertiary/aromatic N) is 2. The SMILES string of the molecule is CC(=O)N1C[C@@H]2[C@H]1c1cc(C)ccc1N[C@H]2c1ccc([N+](=O)[O-])cc1. The number of fused-ring (bicyclic) bond motifs is 3. The molecule has 0 unspecified atom stereocenters. The summed E-state index contributed by atoms with van der Waals surface area (Å²) in [7, 11) is 0. The number of amides is 1. The molecule has 1 amide bonds. The van der Waals surface area contributed by atoms with Gasteiger partial charge in [-0.05, 0) is 24.1 Å². The van der Waals surface area contributed by atoms with Crippen LogP contribution >= 0.6 is 0 Å². The molecule has 4 rings (SSSR count). The van der Waals surface area contributed by atoms with E-state index in [2.05, 4.69) is 30.4 Å². The van der Waals surface area contributed by atoms with Crippen molar-refractivity contribution in [2.24, 2.45) is 5.92 Å². The average Bonchev–Trinajstić information content (AvgIpc) is 2.54. The van der Waals surface area contributed by atoms with Crippen molar-refractivity contribution in [3.63, 3.8) is 0 Å². The van der Waals surface area contributed by atoms with E-state index in [1.807, 2.05) is 17.0 Å². The van der Waals surface area contributed by atoms with Crippen LogP contribution in [0.15, 0.2) is 42.5 Å². The van der Waals surface area contributed by atoms with E-state index in [9.17, 15) is 14.9 Å². The van der Waals surface area contributed by atoms with Gasteiger partial charge >= 0.3 is 0 Å². The van der Waals surface area contributed by atoms with Crippen LogP contribution < -0.4 is 5.32 Å². The van der Waals surface area contributed by atoms with E-state index in [-0.39, 0.29) is 34.5 Å². The number of likely N-dealkylation sites (tertiary alicyclic amines) is 1. The fourth-order valence-electron chi connectivity index (χ4n) is 4.01. The molecule has 2 heterocycles. The van der Waals surface area contributed by atoms with Gasteiger partial charge in [0, 0.05) is 37.2 Å². The predicted octanol–water partition coefficient (Wildman–Crippen LogP) is 3.59. The molecule has 1 saturated heterocycles. The molecule has 25 heavy (non-hydrogen) atoms. The van der Waals surface area contributed by atoms with Gasteiger partial charge in [0.1, 0.15) is 0 Å². The zero-order valence-electron chi connectivity index (χ0n) is 14.1. The molecule has 0 aromatic heterocycles. The first kappa shape index (κ1) is 15.6. The summed E-state index contributed by atoms with van der Waals surface area (Å²) in [6.45, 7) is 4.35. The Balaban J connectivity index is 1.73. The minimum absolute atomic E-state index is 0.0385. The summed E-state index contributed by atoms with van der Waals surface area (Å²) < 4.78 is 0. The van der Waals surface area contributed by atoms with Gasteiger partial charge in [0.05, 0.1) is 17.0 Å². The molecule has 0 bridgehead atoms. The van der Waals surface area contributed by atoms with E-state index in [1.165, 1.54) is 17.7 Å². The Kier molecular flexibility index (Phi) is 3.49. The minimum Gasteiger partial charge on any atom is -0.378 e. The molecule has 2 aliphatic heterocycles. The lowest BCUT2D eigenvalue weighted by Crippen LogP contribution is -2.57. The maximum absolute atomic E-state index is 12.0. The van der Waals surface area contributed by atoms with Crippen LogP contribution in [0.3, 0.4) is 0 Å². The van der Waals surface area contributed by atoms with Crippen LogP contribution in [0.2, 0.25) is 0 Å². The van der Waals surface area contributed by atoms with Crippen LogP contribution in [-0.2, 0) is 4.79 Å². The molecule has 0 spiro atoms. The van der Waals surface area contributed by atoms with Gasteiger partial charge in [0.25, 0.3) is 5.69 Å². The van der Waals surface area contributed by atoms with E-state index in [4.69, 9.17) is 0 Å². The average molecular weight is 337 g/mol. The van der Waals surface area contributed by atoms with Crippen molar-refractivity contribution in [2.45, 2.75) is 25.9 Å². The second-order valence-corrected chi connectivity index (χ2v) is 6.84. The van der Waals surface area contributed by atoms with Crippen molar-refractivity contribution in [2.75, 3.05) is 11.9 Å². The zero-order valence-corrected chi connectivity index (χ0v) is 14.1. The van der Waals surface area contributed by atoms with Crippen molar-refractivity contribution in [1.82, 2.24) is 4.90 Å². The van der Waals surface area contributed by atoms with Gasteiger partial charge in [0.2, 0.25) is 5.91 Å². The molecule has 0 radical (unpaired) electrons. The number of aryl methyl sites for hydroxylation is 1. The fourth-order valence-corrected chi connectivity index (χ4v) is 4.01. The quantitative estimate of drug-likeness (QED) is 0.671. The smallest absolute Gasteiger partial charge is 0.269 e. The lowest BCUT2D eigenvalue weighted by Gasteiger charge is -2.55. The number of anilines is 1. The number of nitro groups is 1. The number of nitrogens with one attached hydrogen (secondary N) is 1. The van der Waals surface area contributed by atoms with Crippen molar-refractivity contribution in [3.8, 4) is 0 Å². The van der Waals surface area contributed by atoms with Crippen LogP contribution in [-0.4, -0.2) is 22.3 Å². The standard InChI is InChI=1S/C19H19N3O3/c1-11-3-8-17-15(9-11)19-16(10-21(19)12(2)23)18(20-17)13-4-6-14(7-5-13)22(24)25/h3-9,16,18-20H,10H2,1-2H3/t16-,18-,19+/m0/s1. The number of carbonyl (C=O) groups excluding carboxylic acids is 1. The fraction of sp³-hybridized carbons (Fsp3) is 0.316. The molecule has 1 fully saturated rings. The topological polar surface area (TPSA) is 75.5 Å². The Labute approximate surface area is 145 Å². The predicted molar refractivity (Wildman–Crippen MR) is 94.3 cm³/mol. The Hall–Kier alpha value is -2.89. The Morgan fingerprint density at radius 1 is 1.24 bits per heavy atom. The normalized spacial score (nSPS) is 23.8. The number of nitro benzene ring substituents is 1. The van der Waals surface area contributed by atoms with Crippen molar-refractivity contribution in [1.29, 1.82) is 0 Å².